The van der Waals surface area contributed by atoms with Gasteiger partial charge in [0, 0.05) is 12.6 Å². The Kier molecular flexibility index (Phi) is 7.66. The molecule has 5 nitrogen and oxygen atoms in total. The highest BCUT2D eigenvalue weighted by atomic mass is 28.4. The van der Waals surface area contributed by atoms with Crippen LogP contribution in [0, 0.1) is 17.2 Å². The molecular formula is C23H36N2O3Si. The van der Waals surface area contributed by atoms with Crippen molar-refractivity contribution in [2.45, 2.75) is 77.2 Å². The second-order valence-electron chi connectivity index (χ2n) is 9.66. The summed E-state index contributed by atoms with van der Waals surface area (Å²) >= 11 is 0. The van der Waals surface area contributed by atoms with E-state index >= 15 is 0 Å². The number of carboxylic acid groups (broad SMARTS) is 1. The molecule has 1 unspecified atom stereocenters. The summed E-state index contributed by atoms with van der Waals surface area (Å²) in [5.41, 5.74) is 1.69. The van der Waals surface area contributed by atoms with E-state index in [1.165, 1.54) is 0 Å². The molecule has 0 saturated carbocycles. The highest BCUT2D eigenvalue weighted by Crippen LogP contribution is 2.40. The van der Waals surface area contributed by atoms with Gasteiger partial charge in [0.25, 0.3) is 0 Å². The molecule has 1 aliphatic rings. The third-order valence-corrected chi connectivity index (χ3v) is 11.2. The van der Waals surface area contributed by atoms with Crippen LogP contribution in [-0.4, -0.2) is 43.4 Å². The molecule has 1 aromatic rings. The predicted molar refractivity (Wildman–Crippen MR) is 118 cm³/mol. The van der Waals surface area contributed by atoms with E-state index in [2.05, 4.69) is 51.8 Å². The Morgan fingerprint density at radius 1 is 1.34 bits per heavy atom. The lowest BCUT2D eigenvalue weighted by atomic mass is 9.87. The maximum absolute atomic E-state index is 11.8. The minimum Gasteiger partial charge on any atom is -0.481 e. The number of hydrogen-bond donors (Lipinski definition) is 1. The van der Waals surface area contributed by atoms with E-state index in [0.29, 0.717) is 12.1 Å². The van der Waals surface area contributed by atoms with Crippen molar-refractivity contribution < 1.29 is 14.3 Å². The summed E-state index contributed by atoms with van der Waals surface area (Å²) in [4.78, 5) is 14.1. The van der Waals surface area contributed by atoms with Crippen LogP contribution in [0.2, 0.25) is 18.1 Å². The Hall–Kier alpha value is -1.68. The smallest absolute Gasteiger partial charge is 0.308 e. The lowest BCUT2D eigenvalue weighted by molar-refractivity contribution is -0.146. The molecule has 0 amide bonds. The number of hydrogen-bond acceptors (Lipinski definition) is 4. The van der Waals surface area contributed by atoms with E-state index in [-0.39, 0.29) is 23.1 Å². The van der Waals surface area contributed by atoms with Crippen LogP contribution in [0.5, 0.6) is 0 Å². The molecule has 1 fully saturated rings. The maximum atomic E-state index is 11.8. The molecule has 0 aliphatic carbocycles. The summed E-state index contributed by atoms with van der Waals surface area (Å²) in [6.07, 6.45) is 2.32. The first kappa shape index (κ1) is 23.6. The zero-order valence-electron chi connectivity index (χ0n) is 18.7. The van der Waals surface area contributed by atoms with E-state index in [9.17, 15) is 9.90 Å². The third kappa shape index (κ3) is 5.69. The average Bonchev–Trinajstić information content (AvgIpc) is 2.66. The molecule has 0 spiro atoms. The number of carboxylic acids is 1. The summed E-state index contributed by atoms with van der Waals surface area (Å²) in [5, 5.41) is 18.9. The van der Waals surface area contributed by atoms with Crippen molar-refractivity contribution in [3.8, 4) is 6.07 Å². The van der Waals surface area contributed by atoms with E-state index in [0.717, 1.165) is 31.4 Å². The van der Waals surface area contributed by atoms with Crippen molar-refractivity contribution in [2.24, 2.45) is 5.92 Å². The molecule has 1 saturated heterocycles. The van der Waals surface area contributed by atoms with E-state index in [4.69, 9.17) is 9.69 Å². The third-order valence-electron chi connectivity index (χ3n) is 6.68. The van der Waals surface area contributed by atoms with Gasteiger partial charge in [-0.2, -0.15) is 5.26 Å². The minimum atomic E-state index is -2.04. The molecule has 6 heteroatoms. The van der Waals surface area contributed by atoms with Gasteiger partial charge in [0.05, 0.1) is 23.7 Å². The van der Waals surface area contributed by atoms with Crippen LogP contribution >= 0.6 is 0 Å². The number of nitriles is 1. The Morgan fingerprint density at radius 2 is 1.97 bits per heavy atom. The zero-order valence-corrected chi connectivity index (χ0v) is 19.7. The fourth-order valence-electron chi connectivity index (χ4n) is 3.91. The SMILES string of the molecule is CC[C@H]1C(C(=O)O)CCCN1C[C@@H](O[Si](C)(C)C(C)(C)C)c1ccc(C#N)cc1. The van der Waals surface area contributed by atoms with Gasteiger partial charge in [-0.25, -0.2) is 0 Å². The molecular weight excluding hydrogens is 380 g/mol. The van der Waals surface area contributed by atoms with Crippen molar-refractivity contribution in [2.75, 3.05) is 13.1 Å². The van der Waals surface area contributed by atoms with Gasteiger partial charge in [-0.15, -0.1) is 0 Å². The first-order valence-electron chi connectivity index (χ1n) is 10.6. The highest BCUT2D eigenvalue weighted by molar-refractivity contribution is 6.74. The maximum Gasteiger partial charge on any atom is 0.308 e. The Balaban J connectivity index is 2.33. The topological polar surface area (TPSA) is 73.6 Å². The van der Waals surface area contributed by atoms with Crippen molar-refractivity contribution >= 4 is 14.3 Å². The van der Waals surface area contributed by atoms with Crippen LogP contribution in [0.15, 0.2) is 24.3 Å². The number of aliphatic carboxylic acids is 1. The molecule has 29 heavy (non-hydrogen) atoms. The Labute approximate surface area is 176 Å². The fraction of sp³-hybridized carbons (Fsp3) is 0.652. The Bertz CT molecular complexity index is 734. The number of rotatable bonds is 7. The fourth-order valence-corrected chi connectivity index (χ4v) is 5.19. The Morgan fingerprint density at radius 3 is 2.45 bits per heavy atom. The van der Waals surface area contributed by atoms with Crippen LogP contribution in [0.1, 0.15) is 64.2 Å². The molecule has 1 aliphatic heterocycles. The molecule has 1 heterocycles. The molecule has 3 atom stereocenters. The summed E-state index contributed by atoms with van der Waals surface area (Å²) in [6, 6.07) is 9.85. The number of benzene rings is 1. The molecule has 2 rings (SSSR count). The lowest BCUT2D eigenvalue weighted by Gasteiger charge is -2.44. The van der Waals surface area contributed by atoms with E-state index < -0.39 is 14.3 Å². The zero-order chi connectivity index (χ0) is 21.8. The number of nitrogens with zero attached hydrogens (tertiary/aromatic N) is 2. The summed E-state index contributed by atoms with van der Waals surface area (Å²) in [7, 11) is -2.04. The molecule has 0 radical (unpaired) electrons. The van der Waals surface area contributed by atoms with Crippen LogP contribution in [-0.2, 0) is 9.22 Å². The van der Waals surface area contributed by atoms with Gasteiger partial charge in [-0.1, -0.05) is 39.8 Å². The first-order chi connectivity index (χ1) is 13.5. The monoisotopic (exact) mass is 416 g/mol. The number of piperidine rings is 1. The van der Waals surface area contributed by atoms with Gasteiger partial charge < -0.3 is 9.53 Å². The lowest BCUT2D eigenvalue weighted by Crippen LogP contribution is -2.50. The first-order valence-corrected chi connectivity index (χ1v) is 13.6. The second-order valence-corrected chi connectivity index (χ2v) is 14.4. The van der Waals surface area contributed by atoms with E-state index in [1.54, 1.807) is 0 Å². The predicted octanol–water partition coefficient (Wildman–Crippen LogP) is 5.20. The minimum absolute atomic E-state index is 0.0325. The molecule has 160 valence electrons. The molecule has 0 bridgehead atoms. The van der Waals surface area contributed by atoms with Crippen LogP contribution in [0.25, 0.3) is 0 Å². The standard InChI is InChI=1S/C23H36N2O3Si/c1-7-20-19(22(26)27)9-8-14-25(20)16-21(28-29(5,6)23(2,3)4)18-12-10-17(15-24)11-13-18/h10-13,19-21H,7-9,14,16H2,1-6H3,(H,26,27)/t19?,20-,21+/m0/s1. The largest absolute Gasteiger partial charge is 0.481 e. The van der Waals surface area contributed by atoms with Crippen LogP contribution < -0.4 is 0 Å². The average molecular weight is 417 g/mol. The van der Waals surface area contributed by atoms with Crippen molar-refractivity contribution in [1.82, 2.24) is 4.90 Å². The summed E-state index contributed by atoms with van der Waals surface area (Å²) < 4.78 is 6.82. The molecule has 1 aromatic carbocycles. The van der Waals surface area contributed by atoms with Crippen molar-refractivity contribution in [3.05, 3.63) is 35.4 Å². The summed E-state index contributed by atoms with van der Waals surface area (Å²) in [6.45, 7) is 14.8. The normalized spacial score (nSPS) is 22.1. The number of carbonyl (C=O) groups is 1. The van der Waals surface area contributed by atoms with Gasteiger partial charge in [0.15, 0.2) is 8.32 Å². The van der Waals surface area contributed by atoms with Gasteiger partial charge in [-0.05, 0) is 61.6 Å². The van der Waals surface area contributed by atoms with Gasteiger partial charge in [0.1, 0.15) is 0 Å². The van der Waals surface area contributed by atoms with Gasteiger partial charge in [0.2, 0.25) is 0 Å². The molecule has 0 aromatic heterocycles. The summed E-state index contributed by atoms with van der Waals surface area (Å²) in [5.74, 6) is -1.01. The highest BCUT2D eigenvalue weighted by Gasteiger charge is 2.41. The van der Waals surface area contributed by atoms with Crippen molar-refractivity contribution in [1.29, 1.82) is 5.26 Å². The molecule has 1 N–H and O–H groups in total. The van der Waals surface area contributed by atoms with Crippen LogP contribution in [0.4, 0.5) is 0 Å². The van der Waals surface area contributed by atoms with Crippen molar-refractivity contribution in [3.63, 3.8) is 0 Å². The second kappa shape index (κ2) is 9.42. The quantitative estimate of drug-likeness (QED) is 0.619. The van der Waals surface area contributed by atoms with Gasteiger partial charge >= 0.3 is 5.97 Å². The van der Waals surface area contributed by atoms with Gasteiger partial charge in [-0.3, -0.25) is 9.69 Å². The van der Waals surface area contributed by atoms with E-state index in [1.807, 2.05) is 24.3 Å². The van der Waals surface area contributed by atoms with Crippen LogP contribution in [0.3, 0.4) is 0 Å². The number of likely N-dealkylation sites (tertiary alicyclic amines) is 1.